The quantitative estimate of drug-likeness (QED) is 0.377. The third-order valence-corrected chi connectivity index (χ3v) is 6.26. The van der Waals surface area contributed by atoms with Gasteiger partial charge in [0.05, 0.1) is 24.4 Å². The highest BCUT2D eigenvalue weighted by Crippen LogP contribution is 2.40. The van der Waals surface area contributed by atoms with E-state index in [1.165, 1.54) is 5.56 Å². The maximum Gasteiger partial charge on any atom is 0.170 e. The van der Waals surface area contributed by atoms with Crippen molar-refractivity contribution in [3.63, 3.8) is 0 Å². The number of hydrogen-bond donors (Lipinski definition) is 1. The number of nitrogens with zero attached hydrogens (tertiary/aromatic N) is 3. The van der Waals surface area contributed by atoms with Crippen molar-refractivity contribution in [3.05, 3.63) is 114 Å². The minimum absolute atomic E-state index is 0.0193. The zero-order chi connectivity index (χ0) is 22.6. The third kappa shape index (κ3) is 4.34. The Hall–Kier alpha value is -3.64. The van der Waals surface area contributed by atoms with Gasteiger partial charge in [-0.05, 0) is 73.2 Å². The van der Waals surface area contributed by atoms with Gasteiger partial charge in [0.25, 0.3) is 0 Å². The molecule has 1 aliphatic heterocycles. The summed E-state index contributed by atoms with van der Waals surface area (Å²) in [4.78, 5) is 6.92. The first-order valence-corrected chi connectivity index (χ1v) is 11.6. The number of benzene rings is 2. The maximum atomic E-state index is 5.84. The number of pyridine rings is 1. The Morgan fingerprint density at radius 2 is 1.73 bits per heavy atom. The molecule has 1 fully saturated rings. The predicted molar refractivity (Wildman–Crippen MR) is 134 cm³/mol. The van der Waals surface area contributed by atoms with E-state index in [-0.39, 0.29) is 12.1 Å². The fourth-order valence-electron chi connectivity index (χ4n) is 4.42. The highest BCUT2D eigenvalue weighted by molar-refractivity contribution is 7.80. The van der Waals surface area contributed by atoms with Crippen LogP contribution in [0.4, 0.5) is 0 Å². The Morgan fingerprint density at radius 3 is 2.45 bits per heavy atom. The second-order valence-electron chi connectivity index (χ2n) is 7.97. The number of nitrogens with one attached hydrogen (secondary N) is 1. The average Bonchev–Trinajstić information content (AvgIpc) is 3.46. The summed E-state index contributed by atoms with van der Waals surface area (Å²) >= 11 is 5.84. The lowest BCUT2D eigenvalue weighted by molar-refractivity contribution is 0.302. The van der Waals surface area contributed by atoms with E-state index in [1.54, 1.807) is 0 Å². The maximum absolute atomic E-state index is 5.84. The molecule has 1 aliphatic rings. The van der Waals surface area contributed by atoms with Gasteiger partial charge in [0.2, 0.25) is 0 Å². The smallest absolute Gasteiger partial charge is 0.170 e. The zero-order valence-electron chi connectivity index (χ0n) is 18.5. The Morgan fingerprint density at radius 1 is 0.939 bits per heavy atom. The molecular formula is C27H26N4OS. The lowest BCUT2D eigenvalue weighted by atomic mass is 10.0. The van der Waals surface area contributed by atoms with Crippen LogP contribution in [0.15, 0.2) is 97.3 Å². The zero-order valence-corrected chi connectivity index (χ0v) is 19.3. The molecule has 0 aliphatic carbocycles. The summed E-state index contributed by atoms with van der Waals surface area (Å²) in [6.07, 6.45) is 3.94. The van der Waals surface area contributed by atoms with Crippen LogP contribution in [-0.4, -0.2) is 26.2 Å². The van der Waals surface area contributed by atoms with E-state index < -0.39 is 0 Å². The number of aromatic nitrogens is 2. The van der Waals surface area contributed by atoms with Crippen LogP contribution in [0.25, 0.3) is 5.69 Å². The van der Waals surface area contributed by atoms with Gasteiger partial charge >= 0.3 is 0 Å². The van der Waals surface area contributed by atoms with Gasteiger partial charge in [-0.2, -0.15) is 0 Å². The molecule has 5 rings (SSSR count). The SMILES string of the molecule is CCOc1ccc(-n2cccc2[C@@H]2[C@H](c3ccccn3)NC(=S)N2Cc2ccccc2)cc1. The number of thiocarbonyl (C=S) groups is 1. The lowest BCUT2D eigenvalue weighted by Crippen LogP contribution is -2.30. The molecule has 2 aromatic carbocycles. The summed E-state index contributed by atoms with van der Waals surface area (Å²) in [5, 5.41) is 4.28. The molecule has 0 radical (unpaired) electrons. The van der Waals surface area contributed by atoms with Gasteiger partial charge in [-0.25, -0.2) is 0 Å². The van der Waals surface area contributed by atoms with Crippen molar-refractivity contribution in [2.45, 2.75) is 25.6 Å². The Labute approximate surface area is 199 Å². The molecule has 6 heteroatoms. The van der Waals surface area contributed by atoms with E-state index in [2.05, 4.69) is 80.6 Å². The fraction of sp³-hybridized carbons (Fsp3) is 0.185. The van der Waals surface area contributed by atoms with Gasteiger partial charge in [-0.1, -0.05) is 36.4 Å². The Bertz CT molecular complexity index is 1210. The molecule has 2 atom stereocenters. The van der Waals surface area contributed by atoms with Crippen LogP contribution in [0.5, 0.6) is 5.75 Å². The number of rotatable bonds is 7. The standard InChI is InChI=1S/C27H26N4OS/c1-2-32-22-15-13-21(14-16-22)30-18-8-12-24(30)26-25(23-11-6-7-17-28-23)29-27(33)31(26)19-20-9-4-3-5-10-20/h3-18,25-26H,2,19H2,1H3,(H,29,33)/t25-,26+/m0/s1. The first-order valence-electron chi connectivity index (χ1n) is 11.2. The van der Waals surface area contributed by atoms with E-state index >= 15 is 0 Å². The van der Waals surface area contributed by atoms with Gasteiger partial charge in [0.15, 0.2) is 5.11 Å². The summed E-state index contributed by atoms with van der Waals surface area (Å²) in [5.41, 5.74) is 4.42. The summed E-state index contributed by atoms with van der Waals surface area (Å²) < 4.78 is 7.85. The molecule has 4 aromatic rings. The molecule has 1 N–H and O–H groups in total. The highest BCUT2D eigenvalue weighted by Gasteiger charge is 2.41. The largest absolute Gasteiger partial charge is 0.494 e. The van der Waals surface area contributed by atoms with Crippen LogP contribution >= 0.6 is 12.2 Å². The second-order valence-corrected chi connectivity index (χ2v) is 8.36. The molecule has 0 spiro atoms. The van der Waals surface area contributed by atoms with Crippen molar-refractivity contribution >= 4 is 17.3 Å². The molecule has 166 valence electrons. The molecular weight excluding hydrogens is 428 g/mol. The lowest BCUT2D eigenvalue weighted by Gasteiger charge is -2.29. The molecule has 3 heterocycles. The monoisotopic (exact) mass is 454 g/mol. The van der Waals surface area contributed by atoms with Crippen molar-refractivity contribution < 1.29 is 4.74 Å². The molecule has 0 bridgehead atoms. The van der Waals surface area contributed by atoms with Gasteiger partial charge < -0.3 is 19.5 Å². The number of ether oxygens (including phenoxy) is 1. The van der Waals surface area contributed by atoms with E-state index in [1.807, 2.05) is 43.5 Å². The van der Waals surface area contributed by atoms with Crippen LogP contribution in [-0.2, 0) is 6.54 Å². The Kier molecular flexibility index (Phi) is 6.09. The van der Waals surface area contributed by atoms with Crippen molar-refractivity contribution in [1.29, 1.82) is 0 Å². The molecule has 0 unspecified atom stereocenters. The average molecular weight is 455 g/mol. The van der Waals surface area contributed by atoms with E-state index in [0.717, 1.165) is 34.5 Å². The minimum atomic E-state index is -0.0567. The summed E-state index contributed by atoms with van der Waals surface area (Å²) in [6, 6.07) is 28.9. The molecule has 0 saturated carbocycles. The number of hydrogen-bond acceptors (Lipinski definition) is 3. The van der Waals surface area contributed by atoms with Crippen molar-refractivity contribution in [1.82, 2.24) is 19.8 Å². The van der Waals surface area contributed by atoms with Crippen LogP contribution in [0.3, 0.4) is 0 Å². The normalized spacial score (nSPS) is 17.7. The van der Waals surface area contributed by atoms with E-state index in [9.17, 15) is 0 Å². The predicted octanol–water partition coefficient (Wildman–Crippen LogP) is 5.44. The van der Waals surface area contributed by atoms with Gasteiger partial charge in [-0.3, -0.25) is 4.98 Å². The minimum Gasteiger partial charge on any atom is -0.494 e. The second kappa shape index (κ2) is 9.46. The molecule has 5 nitrogen and oxygen atoms in total. The van der Waals surface area contributed by atoms with Crippen molar-refractivity contribution in [2.24, 2.45) is 0 Å². The van der Waals surface area contributed by atoms with Crippen LogP contribution in [0.1, 0.15) is 36.0 Å². The fourth-order valence-corrected chi connectivity index (χ4v) is 4.72. The van der Waals surface area contributed by atoms with Gasteiger partial charge in [-0.15, -0.1) is 0 Å². The third-order valence-electron chi connectivity index (χ3n) is 5.90. The van der Waals surface area contributed by atoms with Crippen LogP contribution in [0, 0.1) is 0 Å². The molecule has 33 heavy (non-hydrogen) atoms. The highest BCUT2D eigenvalue weighted by atomic mass is 32.1. The summed E-state index contributed by atoms with van der Waals surface area (Å²) in [5.74, 6) is 0.871. The van der Waals surface area contributed by atoms with Gasteiger partial charge in [0.1, 0.15) is 5.75 Å². The molecule has 0 amide bonds. The summed E-state index contributed by atoms with van der Waals surface area (Å²) in [7, 11) is 0. The molecule has 2 aromatic heterocycles. The topological polar surface area (TPSA) is 42.3 Å². The van der Waals surface area contributed by atoms with E-state index in [0.29, 0.717) is 6.61 Å². The first kappa shape index (κ1) is 21.2. The molecule has 1 saturated heterocycles. The first-order chi connectivity index (χ1) is 16.2. The van der Waals surface area contributed by atoms with Gasteiger partial charge in [0, 0.05) is 30.3 Å². The Balaban J connectivity index is 1.56. The van der Waals surface area contributed by atoms with Crippen LogP contribution < -0.4 is 10.1 Å². The van der Waals surface area contributed by atoms with E-state index in [4.69, 9.17) is 17.0 Å². The summed E-state index contributed by atoms with van der Waals surface area (Å²) in [6.45, 7) is 3.36. The van der Waals surface area contributed by atoms with Crippen molar-refractivity contribution in [2.75, 3.05) is 6.61 Å². The van der Waals surface area contributed by atoms with Crippen LogP contribution in [0.2, 0.25) is 0 Å². The van der Waals surface area contributed by atoms with Crippen molar-refractivity contribution in [3.8, 4) is 11.4 Å².